The Morgan fingerprint density at radius 3 is 2.21 bits per heavy atom. The first-order valence-electron chi connectivity index (χ1n) is 9.18. The molecular formula is C24H21NO4. The van der Waals surface area contributed by atoms with Crippen molar-refractivity contribution >= 4 is 23.3 Å². The maximum Gasteiger partial charge on any atom is 0.339 e. The maximum absolute atomic E-state index is 13.0. The van der Waals surface area contributed by atoms with Gasteiger partial charge in [-0.1, -0.05) is 60.2 Å². The molecule has 3 rings (SSSR count). The van der Waals surface area contributed by atoms with E-state index in [4.69, 9.17) is 4.74 Å². The molecule has 5 heteroatoms. The third-order valence-corrected chi connectivity index (χ3v) is 4.36. The van der Waals surface area contributed by atoms with Gasteiger partial charge in [-0.05, 0) is 38.1 Å². The average Bonchev–Trinajstić information content (AvgIpc) is 2.72. The first-order valence-corrected chi connectivity index (χ1v) is 9.18. The van der Waals surface area contributed by atoms with Gasteiger partial charge in [0.1, 0.15) is 0 Å². The Balaban J connectivity index is 1.85. The molecule has 0 saturated heterocycles. The van der Waals surface area contributed by atoms with Crippen LogP contribution in [0.4, 0.5) is 5.69 Å². The van der Waals surface area contributed by atoms with Crippen molar-refractivity contribution in [3.63, 3.8) is 0 Å². The van der Waals surface area contributed by atoms with E-state index in [1.54, 1.807) is 66.7 Å². The SMILES string of the molecule is CC(=O)c1cccc(NC(=O)[C@@H](OC(=O)c2cccc(C)c2)c2ccccc2)c1. The quantitative estimate of drug-likeness (QED) is 0.490. The van der Waals surface area contributed by atoms with Crippen molar-refractivity contribution in [2.75, 3.05) is 5.32 Å². The highest BCUT2D eigenvalue weighted by molar-refractivity contribution is 6.00. The third-order valence-electron chi connectivity index (χ3n) is 4.36. The van der Waals surface area contributed by atoms with Gasteiger partial charge >= 0.3 is 5.97 Å². The van der Waals surface area contributed by atoms with Crippen LogP contribution in [0.3, 0.4) is 0 Å². The number of ketones is 1. The summed E-state index contributed by atoms with van der Waals surface area (Å²) in [5.74, 6) is -1.19. The number of carbonyl (C=O) groups excluding carboxylic acids is 3. The monoisotopic (exact) mass is 387 g/mol. The van der Waals surface area contributed by atoms with E-state index in [9.17, 15) is 14.4 Å². The molecule has 0 bridgehead atoms. The minimum absolute atomic E-state index is 0.105. The number of aryl methyl sites for hydroxylation is 1. The van der Waals surface area contributed by atoms with Crippen molar-refractivity contribution in [1.82, 2.24) is 0 Å². The number of carbonyl (C=O) groups is 3. The van der Waals surface area contributed by atoms with Gasteiger partial charge in [0.15, 0.2) is 5.78 Å². The van der Waals surface area contributed by atoms with E-state index in [-0.39, 0.29) is 5.78 Å². The Morgan fingerprint density at radius 1 is 0.828 bits per heavy atom. The second kappa shape index (κ2) is 8.97. The van der Waals surface area contributed by atoms with Crippen LogP contribution in [0, 0.1) is 6.92 Å². The summed E-state index contributed by atoms with van der Waals surface area (Å²) in [6.07, 6.45) is -1.13. The number of benzene rings is 3. The van der Waals surface area contributed by atoms with Crippen molar-refractivity contribution in [3.05, 3.63) is 101 Å². The molecule has 1 amide bonds. The van der Waals surface area contributed by atoms with E-state index in [0.717, 1.165) is 5.56 Å². The fraction of sp³-hybridized carbons (Fsp3) is 0.125. The number of esters is 1. The lowest BCUT2D eigenvalue weighted by atomic mass is 10.1. The zero-order chi connectivity index (χ0) is 20.8. The van der Waals surface area contributed by atoms with E-state index in [0.29, 0.717) is 22.4 Å². The Morgan fingerprint density at radius 2 is 1.52 bits per heavy atom. The molecule has 0 aliphatic heterocycles. The van der Waals surface area contributed by atoms with E-state index < -0.39 is 18.0 Å². The van der Waals surface area contributed by atoms with Crippen molar-refractivity contribution < 1.29 is 19.1 Å². The summed E-state index contributed by atoms with van der Waals surface area (Å²) in [6, 6.07) is 22.4. The van der Waals surface area contributed by atoms with Crippen LogP contribution in [0.5, 0.6) is 0 Å². The molecule has 3 aromatic rings. The summed E-state index contributed by atoms with van der Waals surface area (Å²) in [7, 11) is 0. The average molecular weight is 387 g/mol. The fourth-order valence-corrected chi connectivity index (χ4v) is 2.87. The van der Waals surface area contributed by atoms with Gasteiger partial charge in [0.2, 0.25) is 6.10 Å². The number of Topliss-reactive ketones (excluding diaryl/α,β-unsaturated/α-hetero) is 1. The minimum Gasteiger partial charge on any atom is -0.444 e. The zero-order valence-electron chi connectivity index (χ0n) is 16.2. The van der Waals surface area contributed by atoms with Gasteiger partial charge in [0.25, 0.3) is 5.91 Å². The summed E-state index contributed by atoms with van der Waals surface area (Å²) in [5, 5.41) is 2.74. The van der Waals surface area contributed by atoms with Gasteiger partial charge in [0.05, 0.1) is 5.56 Å². The van der Waals surface area contributed by atoms with E-state index in [1.807, 2.05) is 19.1 Å². The van der Waals surface area contributed by atoms with Crippen LogP contribution in [0.2, 0.25) is 0 Å². The Hall–Kier alpha value is -3.73. The molecule has 0 heterocycles. The standard InChI is InChI=1S/C24H21NO4/c1-16-8-6-12-20(14-16)24(28)29-22(18-9-4-3-5-10-18)23(27)25-21-13-7-11-19(15-21)17(2)26/h3-15,22H,1-2H3,(H,25,27)/t22-/m0/s1. The summed E-state index contributed by atoms with van der Waals surface area (Å²) < 4.78 is 5.57. The molecule has 0 saturated carbocycles. The third kappa shape index (κ3) is 5.17. The van der Waals surface area contributed by atoms with Crippen LogP contribution in [0.15, 0.2) is 78.9 Å². The van der Waals surface area contributed by atoms with E-state index >= 15 is 0 Å². The lowest BCUT2D eigenvalue weighted by Crippen LogP contribution is -2.26. The fourth-order valence-electron chi connectivity index (χ4n) is 2.87. The van der Waals surface area contributed by atoms with Gasteiger partial charge in [-0.3, -0.25) is 9.59 Å². The van der Waals surface area contributed by atoms with E-state index in [2.05, 4.69) is 5.32 Å². The molecule has 1 N–H and O–H groups in total. The predicted molar refractivity (Wildman–Crippen MR) is 111 cm³/mol. The number of anilines is 1. The first-order chi connectivity index (χ1) is 13.9. The van der Waals surface area contributed by atoms with Crippen LogP contribution in [-0.2, 0) is 9.53 Å². The van der Waals surface area contributed by atoms with Gasteiger partial charge in [-0.15, -0.1) is 0 Å². The molecule has 3 aromatic carbocycles. The topological polar surface area (TPSA) is 72.5 Å². The molecule has 1 atom stereocenters. The Bertz CT molecular complexity index is 1040. The smallest absolute Gasteiger partial charge is 0.339 e. The highest BCUT2D eigenvalue weighted by atomic mass is 16.5. The number of rotatable bonds is 6. The molecular weight excluding hydrogens is 366 g/mol. The highest BCUT2D eigenvalue weighted by Gasteiger charge is 2.26. The molecule has 29 heavy (non-hydrogen) atoms. The molecule has 0 aliphatic carbocycles. The van der Waals surface area contributed by atoms with Crippen molar-refractivity contribution in [3.8, 4) is 0 Å². The van der Waals surface area contributed by atoms with E-state index in [1.165, 1.54) is 6.92 Å². The summed E-state index contributed by atoms with van der Waals surface area (Å²) in [6.45, 7) is 3.33. The molecule has 146 valence electrons. The second-order valence-electron chi connectivity index (χ2n) is 6.69. The van der Waals surface area contributed by atoms with Crippen LogP contribution in [-0.4, -0.2) is 17.7 Å². The van der Waals surface area contributed by atoms with Crippen LogP contribution < -0.4 is 5.32 Å². The van der Waals surface area contributed by atoms with Crippen LogP contribution in [0.25, 0.3) is 0 Å². The molecule has 0 aliphatic rings. The largest absolute Gasteiger partial charge is 0.444 e. The Labute approximate surface area is 169 Å². The van der Waals surface area contributed by atoms with Gasteiger partial charge in [-0.2, -0.15) is 0 Å². The second-order valence-corrected chi connectivity index (χ2v) is 6.69. The van der Waals surface area contributed by atoms with Crippen molar-refractivity contribution in [2.45, 2.75) is 20.0 Å². The number of hydrogen-bond donors (Lipinski definition) is 1. The summed E-state index contributed by atoms with van der Waals surface area (Å²) >= 11 is 0. The van der Waals surface area contributed by atoms with Crippen LogP contribution in [0.1, 0.15) is 44.9 Å². The number of hydrogen-bond acceptors (Lipinski definition) is 4. The highest BCUT2D eigenvalue weighted by Crippen LogP contribution is 2.22. The van der Waals surface area contributed by atoms with Gasteiger partial charge in [0, 0.05) is 16.8 Å². The predicted octanol–water partition coefficient (Wildman–Crippen LogP) is 4.73. The summed E-state index contributed by atoms with van der Waals surface area (Å²) in [4.78, 5) is 37.2. The number of nitrogens with one attached hydrogen (secondary N) is 1. The maximum atomic E-state index is 13.0. The number of amides is 1. The molecule has 0 aromatic heterocycles. The Kier molecular flexibility index (Phi) is 6.19. The van der Waals surface area contributed by atoms with Gasteiger partial charge in [-0.25, -0.2) is 4.79 Å². The minimum atomic E-state index is -1.13. The zero-order valence-corrected chi connectivity index (χ0v) is 16.2. The molecule has 5 nitrogen and oxygen atoms in total. The van der Waals surface area contributed by atoms with Gasteiger partial charge < -0.3 is 10.1 Å². The first kappa shape index (κ1) is 20.0. The molecule has 0 unspecified atom stereocenters. The lowest BCUT2D eigenvalue weighted by Gasteiger charge is -2.18. The molecule has 0 fully saturated rings. The summed E-state index contributed by atoms with van der Waals surface area (Å²) in [5.41, 5.74) is 2.78. The van der Waals surface area contributed by atoms with Crippen molar-refractivity contribution in [1.29, 1.82) is 0 Å². The number of ether oxygens (including phenoxy) is 1. The lowest BCUT2D eigenvalue weighted by molar-refractivity contribution is -0.125. The van der Waals surface area contributed by atoms with Crippen molar-refractivity contribution in [2.24, 2.45) is 0 Å². The molecule has 0 spiro atoms. The van der Waals surface area contributed by atoms with Crippen LogP contribution >= 0.6 is 0 Å². The molecule has 0 radical (unpaired) electrons. The normalized spacial score (nSPS) is 11.4.